The van der Waals surface area contributed by atoms with Gasteiger partial charge < -0.3 is 10.3 Å². The molecule has 0 spiro atoms. The highest BCUT2D eigenvalue weighted by molar-refractivity contribution is 7.89. The Morgan fingerprint density at radius 1 is 1.20 bits per heavy atom. The summed E-state index contributed by atoms with van der Waals surface area (Å²) in [5, 5.41) is 2.77. The molecule has 1 heterocycles. The molecule has 2 aromatic carbocycles. The van der Waals surface area contributed by atoms with Crippen LogP contribution >= 0.6 is 0 Å². The number of hydrogen-bond donors (Lipinski definition) is 2. The third kappa shape index (κ3) is 3.40. The number of hydrogen-bond acceptors (Lipinski definition) is 4. The molecule has 8 heteroatoms. The van der Waals surface area contributed by atoms with Gasteiger partial charge in [0.25, 0.3) is 5.91 Å². The van der Waals surface area contributed by atoms with Gasteiger partial charge in [-0.25, -0.2) is 17.7 Å². The Morgan fingerprint density at radius 2 is 1.96 bits per heavy atom. The first kappa shape index (κ1) is 17.1. The molecule has 0 atom stereocenters. The van der Waals surface area contributed by atoms with Crippen LogP contribution < -0.4 is 5.32 Å². The number of nitrogens with zero attached hydrogens (tertiary/aromatic N) is 2. The minimum Gasteiger partial charge on any atom is -0.348 e. The maximum atomic E-state index is 12.4. The molecule has 0 radical (unpaired) electrons. The van der Waals surface area contributed by atoms with Crippen molar-refractivity contribution in [3.05, 3.63) is 59.9 Å². The van der Waals surface area contributed by atoms with Crippen LogP contribution in [0.15, 0.2) is 53.7 Å². The van der Waals surface area contributed by atoms with Gasteiger partial charge in [0.2, 0.25) is 10.0 Å². The third-order valence-electron chi connectivity index (χ3n) is 3.85. The number of amides is 1. The van der Waals surface area contributed by atoms with Gasteiger partial charge >= 0.3 is 0 Å². The maximum Gasteiger partial charge on any atom is 0.251 e. The van der Waals surface area contributed by atoms with E-state index in [9.17, 15) is 13.2 Å². The molecule has 0 aliphatic rings. The summed E-state index contributed by atoms with van der Waals surface area (Å²) >= 11 is 0. The number of rotatable bonds is 5. The lowest BCUT2D eigenvalue weighted by atomic mass is 10.1. The van der Waals surface area contributed by atoms with Crippen LogP contribution in [0.5, 0.6) is 0 Å². The van der Waals surface area contributed by atoms with E-state index in [2.05, 4.69) is 15.3 Å². The molecule has 0 aliphatic heterocycles. The molecular formula is C17H18N4O3S. The fraction of sp³-hybridized carbons (Fsp3) is 0.176. The minimum absolute atomic E-state index is 0.114. The van der Waals surface area contributed by atoms with Crippen molar-refractivity contribution in [3.63, 3.8) is 0 Å². The van der Waals surface area contributed by atoms with E-state index < -0.39 is 10.0 Å². The molecular weight excluding hydrogens is 340 g/mol. The van der Waals surface area contributed by atoms with E-state index in [1.165, 1.54) is 20.2 Å². The SMILES string of the molecule is CN(C)S(=O)(=O)c1ccccc1CNC(=O)c1ccc2nc[nH]c2c1. The zero-order valence-electron chi connectivity index (χ0n) is 13.9. The van der Waals surface area contributed by atoms with E-state index in [-0.39, 0.29) is 17.3 Å². The largest absolute Gasteiger partial charge is 0.348 e. The number of imidazole rings is 1. The standard InChI is InChI=1S/C17H18N4O3S/c1-21(2)25(23,24)16-6-4-3-5-13(16)10-18-17(22)12-7-8-14-15(9-12)20-11-19-14/h3-9,11H,10H2,1-2H3,(H,18,22)(H,19,20). The summed E-state index contributed by atoms with van der Waals surface area (Å²) in [6.07, 6.45) is 1.56. The summed E-state index contributed by atoms with van der Waals surface area (Å²) in [7, 11) is -0.620. The number of aromatic amines is 1. The van der Waals surface area contributed by atoms with Gasteiger partial charge in [-0.1, -0.05) is 18.2 Å². The number of carbonyl (C=O) groups excluding carboxylic acids is 1. The molecule has 25 heavy (non-hydrogen) atoms. The van der Waals surface area contributed by atoms with Crippen LogP contribution in [-0.2, 0) is 16.6 Å². The van der Waals surface area contributed by atoms with Gasteiger partial charge in [-0.15, -0.1) is 0 Å². The quantitative estimate of drug-likeness (QED) is 0.726. The predicted molar refractivity (Wildman–Crippen MR) is 94.6 cm³/mol. The van der Waals surface area contributed by atoms with Gasteiger partial charge in [-0.2, -0.15) is 0 Å². The Labute approximate surface area is 145 Å². The summed E-state index contributed by atoms with van der Waals surface area (Å²) in [4.78, 5) is 19.6. The monoisotopic (exact) mass is 358 g/mol. The van der Waals surface area contributed by atoms with Gasteiger partial charge in [0.15, 0.2) is 0 Å². The van der Waals surface area contributed by atoms with Crippen molar-refractivity contribution in [2.75, 3.05) is 14.1 Å². The molecule has 0 saturated carbocycles. The summed E-state index contributed by atoms with van der Waals surface area (Å²) < 4.78 is 25.9. The normalized spacial score (nSPS) is 11.8. The number of fused-ring (bicyclic) bond motifs is 1. The average Bonchev–Trinajstić information content (AvgIpc) is 3.07. The number of nitrogens with one attached hydrogen (secondary N) is 2. The van der Waals surface area contributed by atoms with E-state index >= 15 is 0 Å². The Bertz CT molecular complexity index is 1030. The number of carbonyl (C=O) groups is 1. The molecule has 0 fully saturated rings. The molecule has 0 aliphatic carbocycles. The molecule has 0 saturated heterocycles. The first-order chi connectivity index (χ1) is 11.9. The Balaban J connectivity index is 1.81. The van der Waals surface area contributed by atoms with Crippen molar-refractivity contribution < 1.29 is 13.2 Å². The van der Waals surface area contributed by atoms with E-state index in [1.807, 2.05) is 0 Å². The predicted octanol–water partition coefficient (Wildman–Crippen LogP) is 1.74. The van der Waals surface area contributed by atoms with Crippen molar-refractivity contribution in [2.24, 2.45) is 0 Å². The van der Waals surface area contributed by atoms with Gasteiger partial charge in [0, 0.05) is 26.2 Å². The van der Waals surface area contributed by atoms with Gasteiger partial charge in [-0.05, 0) is 29.8 Å². The Morgan fingerprint density at radius 3 is 2.72 bits per heavy atom. The molecule has 7 nitrogen and oxygen atoms in total. The molecule has 1 amide bonds. The van der Waals surface area contributed by atoms with Crippen molar-refractivity contribution in [1.29, 1.82) is 0 Å². The second-order valence-electron chi connectivity index (χ2n) is 5.71. The Kier molecular flexibility index (Phi) is 4.56. The number of sulfonamides is 1. The summed E-state index contributed by atoms with van der Waals surface area (Å²) in [6.45, 7) is 0.114. The fourth-order valence-electron chi connectivity index (χ4n) is 2.45. The summed E-state index contributed by atoms with van der Waals surface area (Å²) in [5.41, 5.74) is 2.55. The second-order valence-corrected chi connectivity index (χ2v) is 7.83. The highest BCUT2D eigenvalue weighted by Gasteiger charge is 2.21. The van der Waals surface area contributed by atoms with Crippen LogP contribution in [0.2, 0.25) is 0 Å². The van der Waals surface area contributed by atoms with Crippen molar-refractivity contribution in [2.45, 2.75) is 11.4 Å². The first-order valence-electron chi connectivity index (χ1n) is 7.61. The third-order valence-corrected chi connectivity index (χ3v) is 5.77. The second kappa shape index (κ2) is 6.66. The highest BCUT2D eigenvalue weighted by Crippen LogP contribution is 2.18. The van der Waals surface area contributed by atoms with Crippen LogP contribution in [0.25, 0.3) is 11.0 Å². The van der Waals surface area contributed by atoms with Crippen LogP contribution in [-0.4, -0.2) is 42.7 Å². The van der Waals surface area contributed by atoms with Crippen molar-refractivity contribution in [3.8, 4) is 0 Å². The average molecular weight is 358 g/mol. The molecule has 0 bridgehead atoms. The van der Waals surface area contributed by atoms with Gasteiger partial charge in [0.1, 0.15) is 0 Å². The lowest BCUT2D eigenvalue weighted by Gasteiger charge is -2.15. The van der Waals surface area contributed by atoms with E-state index in [4.69, 9.17) is 0 Å². The van der Waals surface area contributed by atoms with Gasteiger partial charge in [-0.3, -0.25) is 4.79 Å². The zero-order chi connectivity index (χ0) is 18.0. The van der Waals surface area contributed by atoms with Crippen molar-refractivity contribution in [1.82, 2.24) is 19.6 Å². The molecule has 3 rings (SSSR count). The molecule has 2 N–H and O–H groups in total. The maximum absolute atomic E-state index is 12.4. The smallest absolute Gasteiger partial charge is 0.251 e. The van der Waals surface area contributed by atoms with E-state index in [0.717, 1.165) is 15.3 Å². The number of aromatic nitrogens is 2. The molecule has 3 aromatic rings. The molecule has 1 aromatic heterocycles. The molecule has 130 valence electrons. The fourth-order valence-corrected chi connectivity index (χ4v) is 3.57. The summed E-state index contributed by atoms with van der Waals surface area (Å²) in [6, 6.07) is 11.8. The zero-order valence-corrected chi connectivity index (χ0v) is 14.7. The highest BCUT2D eigenvalue weighted by atomic mass is 32.2. The van der Waals surface area contributed by atoms with Crippen LogP contribution in [0.1, 0.15) is 15.9 Å². The number of benzene rings is 2. The topological polar surface area (TPSA) is 95.2 Å². The Hall–Kier alpha value is -2.71. The lowest BCUT2D eigenvalue weighted by molar-refractivity contribution is 0.0950. The lowest BCUT2D eigenvalue weighted by Crippen LogP contribution is -2.27. The van der Waals surface area contributed by atoms with Crippen molar-refractivity contribution >= 4 is 27.0 Å². The number of H-pyrrole nitrogens is 1. The first-order valence-corrected chi connectivity index (χ1v) is 9.05. The van der Waals surface area contributed by atoms with E-state index in [1.54, 1.807) is 42.7 Å². The molecule has 0 unspecified atom stereocenters. The van der Waals surface area contributed by atoms with Crippen LogP contribution in [0, 0.1) is 0 Å². The van der Waals surface area contributed by atoms with Gasteiger partial charge in [0.05, 0.1) is 22.3 Å². The summed E-state index contributed by atoms with van der Waals surface area (Å²) in [5.74, 6) is -0.284. The van der Waals surface area contributed by atoms with Crippen LogP contribution in [0.3, 0.4) is 0 Å². The van der Waals surface area contributed by atoms with E-state index in [0.29, 0.717) is 11.1 Å². The minimum atomic E-state index is -3.57. The van der Waals surface area contributed by atoms with Crippen LogP contribution in [0.4, 0.5) is 0 Å².